The molecule has 0 radical (unpaired) electrons. The highest BCUT2D eigenvalue weighted by molar-refractivity contribution is 5.94. The van der Waals surface area contributed by atoms with E-state index in [1.54, 1.807) is 6.20 Å². The summed E-state index contributed by atoms with van der Waals surface area (Å²) in [6.45, 7) is 11.3. The van der Waals surface area contributed by atoms with Crippen LogP contribution in [0.2, 0.25) is 0 Å². The third-order valence-electron chi connectivity index (χ3n) is 5.48. The Bertz CT molecular complexity index is 584. The molecule has 2 aliphatic heterocycles. The van der Waals surface area contributed by atoms with Gasteiger partial charge >= 0.3 is 0 Å². The molecular formula is C21H34N4O2. The summed E-state index contributed by atoms with van der Waals surface area (Å²) in [6.07, 6.45) is 5.04. The fourth-order valence-corrected chi connectivity index (χ4v) is 3.93. The Morgan fingerprint density at radius 1 is 1.22 bits per heavy atom. The van der Waals surface area contributed by atoms with Gasteiger partial charge in [-0.2, -0.15) is 0 Å². The normalized spacial score (nSPS) is 21.5. The number of aromatic nitrogens is 1. The van der Waals surface area contributed by atoms with Gasteiger partial charge in [0, 0.05) is 45.6 Å². The lowest BCUT2D eigenvalue weighted by Gasteiger charge is -2.22. The van der Waals surface area contributed by atoms with Crippen molar-refractivity contribution in [2.75, 3.05) is 51.3 Å². The van der Waals surface area contributed by atoms with Crippen molar-refractivity contribution in [1.29, 1.82) is 0 Å². The van der Waals surface area contributed by atoms with E-state index < -0.39 is 0 Å². The number of anilines is 1. The average Bonchev–Trinajstić information content (AvgIpc) is 3.12. The molecule has 2 aliphatic rings. The van der Waals surface area contributed by atoms with Crippen LogP contribution >= 0.6 is 0 Å². The molecule has 0 unspecified atom stereocenters. The van der Waals surface area contributed by atoms with E-state index in [1.165, 1.54) is 6.42 Å². The minimum absolute atomic E-state index is 0.0270. The Morgan fingerprint density at radius 3 is 2.74 bits per heavy atom. The molecule has 2 fully saturated rings. The van der Waals surface area contributed by atoms with Crippen molar-refractivity contribution in [2.45, 2.75) is 33.1 Å². The van der Waals surface area contributed by atoms with Crippen LogP contribution in [0.4, 0.5) is 5.82 Å². The quantitative estimate of drug-likeness (QED) is 0.732. The zero-order valence-corrected chi connectivity index (χ0v) is 16.7. The van der Waals surface area contributed by atoms with Gasteiger partial charge in [-0.25, -0.2) is 4.98 Å². The number of amides is 1. The maximum Gasteiger partial charge on any atom is 0.252 e. The molecule has 1 atom stereocenters. The molecule has 6 nitrogen and oxygen atoms in total. The van der Waals surface area contributed by atoms with Gasteiger partial charge in [0.2, 0.25) is 0 Å². The molecule has 1 aromatic rings. The Hall–Kier alpha value is -1.66. The van der Waals surface area contributed by atoms with Crippen molar-refractivity contribution in [1.82, 2.24) is 15.2 Å². The zero-order chi connectivity index (χ0) is 19.1. The van der Waals surface area contributed by atoms with E-state index in [-0.39, 0.29) is 5.91 Å². The molecule has 3 rings (SSSR count). The number of likely N-dealkylation sites (tertiary alicyclic amines) is 1. The molecule has 27 heavy (non-hydrogen) atoms. The molecule has 2 N–H and O–H groups in total. The van der Waals surface area contributed by atoms with Crippen LogP contribution < -0.4 is 10.6 Å². The first-order chi connectivity index (χ1) is 13.1. The first kappa shape index (κ1) is 20.1. The standard InChI is InChI=1S/C21H34N4O2/c1-16(2)14-25-8-5-18(15-25)12-24-21(26)19-3-4-20(23-13-19)22-11-17-6-9-27-10-7-17/h3-4,13,16-18H,5-12,14-15H2,1-2H3,(H,22,23)(H,24,26)/t18-/m1/s1. The Labute approximate surface area is 163 Å². The van der Waals surface area contributed by atoms with Crippen LogP contribution in [0.5, 0.6) is 0 Å². The molecule has 0 aliphatic carbocycles. The van der Waals surface area contributed by atoms with Gasteiger partial charge in [0.15, 0.2) is 0 Å². The number of hydrogen-bond acceptors (Lipinski definition) is 5. The molecule has 3 heterocycles. The number of nitrogens with one attached hydrogen (secondary N) is 2. The van der Waals surface area contributed by atoms with Crippen molar-refractivity contribution >= 4 is 11.7 Å². The van der Waals surface area contributed by atoms with Crippen LogP contribution in [0.3, 0.4) is 0 Å². The lowest BCUT2D eigenvalue weighted by atomic mass is 10.0. The highest BCUT2D eigenvalue weighted by Crippen LogP contribution is 2.17. The molecule has 0 aromatic carbocycles. The Balaban J connectivity index is 1.38. The third-order valence-corrected chi connectivity index (χ3v) is 5.48. The van der Waals surface area contributed by atoms with Crippen molar-refractivity contribution in [3.63, 3.8) is 0 Å². The maximum atomic E-state index is 12.4. The van der Waals surface area contributed by atoms with E-state index in [0.29, 0.717) is 23.3 Å². The number of carbonyl (C=O) groups is 1. The van der Waals surface area contributed by atoms with Crippen molar-refractivity contribution in [3.05, 3.63) is 23.9 Å². The topological polar surface area (TPSA) is 66.5 Å². The molecule has 1 amide bonds. The fourth-order valence-electron chi connectivity index (χ4n) is 3.93. The smallest absolute Gasteiger partial charge is 0.252 e. The minimum atomic E-state index is -0.0270. The molecule has 0 spiro atoms. The summed E-state index contributed by atoms with van der Waals surface area (Å²) in [5.74, 6) is 2.70. The second kappa shape index (κ2) is 10.0. The van der Waals surface area contributed by atoms with E-state index in [9.17, 15) is 4.79 Å². The highest BCUT2D eigenvalue weighted by atomic mass is 16.5. The second-order valence-electron chi connectivity index (χ2n) is 8.39. The Morgan fingerprint density at radius 2 is 2.04 bits per heavy atom. The number of carbonyl (C=O) groups excluding carboxylic acids is 1. The van der Waals surface area contributed by atoms with E-state index >= 15 is 0 Å². The molecule has 0 saturated carbocycles. The summed E-state index contributed by atoms with van der Waals surface area (Å²) >= 11 is 0. The second-order valence-corrected chi connectivity index (χ2v) is 8.39. The molecule has 150 valence electrons. The number of nitrogens with zero attached hydrogens (tertiary/aromatic N) is 2. The van der Waals surface area contributed by atoms with E-state index in [4.69, 9.17) is 4.74 Å². The van der Waals surface area contributed by atoms with Crippen LogP contribution in [0.25, 0.3) is 0 Å². The van der Waals surface area contributed by atoms with Gasteiger partial charge < -0.3 is 20.3 Å². The first-order valence-corrected chi connectivity index (χ1v) is 10.4. The van der Waals surface area contributed by atoms with Crippen molar-refractivity contribution < 1.29 is 9.53 Å². The lowest BCUT2D eigenvalue weighted by Crippen LogP contribution is -2.32. The summed E-state index contributed by atoms with van der Waals surface area (Å²) in [5.41, 5.74) is 0.628. The largest absolute Gasteiger partial charge is 0.381 e. The number of hydrogen-bond donors (Lipinski definition) is 2. The number of rotatable bonds is 8. The number of ether oxygens (including phenoxy) is 1. The predicted octanol–water partition coefficient (Wildman–Crippen LogP) is 2.63. The van der Waals surface area contributed by atoms with Crippen LogP contribution in [0, 0.1) is 17.8 Å². The molecule has 1 aromatic heterocycles. The van der Waals surface area contributed by atoms with Gasteiger partial charge in [0.25, 0.3) is 5.91 Å². The summed E-state index contributed by atoms with van der Waals surface area (Å²) < 4.78 is 5.39. The van der Waals surface area contributed by atoms with Gasteiger partial charge in [0.1, 0.15) is 5.82 Å². The fraction of sp³-hybridized carbons (Fsp3) is 0.714. The van der Waals surface area contributed by atoms with Crippen LogP contribution in [0.1, 0.15) is 43.5 Å². The van der Waals surface area contributed by atoms with Crippen LogP contribution in [0.15, 0.2) is 18.3 Å². The third kappa shape index (κ3) is 6.47. The van der Waals surface area contributed by atoms with Gasteiger partial charge in [-0.3, -0.25) is 4.79 Å². The van der Waals surface area contributed by atoms with Gasteiger partial charge in [-0.15, -0.1) is 0 Å². The van der Waals surface area contributed by atoms with Crippen molar-refractivity contribution in [3.8, 4) is 0 Å². The summed E-state index contributed by atoms with van der Waals surface area (Å²) in [4.78, 5) is 19.3. The monoisotopic (exact) mass is 374 g/mol. The summed E-state index contributed by atoms with van der Waals surface area (Å²) in [6, 6.07) is 3.75. The van der Waals surface area contributed by atoms with Gasteiger partial charge in [-0.05, 0) is 55.7 Å². The summed E-state index contributed by atoms with van der Waals surface area (Å²) in [5, 5.41) is 6.45. The molecule has 2 saturated heterocycles. The summed E-state index contributed by atoms with van der Waals surface area (Å²) in [7, 11) is 0. The van der Waals surface area contributed by atoms with E-state index in [2.05, 4.69) is 34.4 Å². The number of pyridine rings is 1. The van der Waals surface area contributed by atoms with Gasteiger partial charge in [-0.1, -0.05) is 13.8 Å². The lowest BCUT2D eigenvalue weighted by molar-refractivity contribution is 0.0699. The van der Waals surface area contributed by atoms with Gasteiger partial charge in [0.05, 0.1) is 5.56 Å². The minimum Gasteiger partial charge on any atom is -0.381 e. The zero-order valence-electron chi connectivity index (χ0n) is 16.7. The SMILES string of the molecule is CC(C)CN1CC[C@H](CNC(=O)c2ccc(NCC3CCOCC3)nc2)C1. The van der Waals surface area contributed by atoms with E-state index in [0.717, 1.165) is 64.6 Å². The first-order valence-electron chi connectivity index (χ1n) is 10.4. The molecule has 6 heteroatoms. The predicted molar refractivity (Wildman–Crippen MR) is 108 cm³/mol. The molecular weight excluding hydrogens is 340 g/mol. The molecule has 0 bridgehead atoms. The van der Waals surface area contributed by atoms with E-state index in [1.807, 2.05) is 12.1 Å². The van der Waals surface area contributed by atoms with Crippen LogP contribution in [-0.2, 0) is 4.74 Å². The van der Waals surface area contributed by atoms with Crippen LogP contribution in [-0.4, -0.2) is 61.7 Å². The Kier molecular flexibility index (Phi) is 7.47. The van der Waals surface area contributed by atoms with Crippen molar-refractivity contribution in [2.24, 2.45) is 17.8 Å². The maximum absolute atomic E-state index is 12.4. The average molecular weight is 375 g/mol. The highest BCUT2D eigenvalue weighted by Gasteiger charge is 2.23.